The lowest BCUT2D eigenvalue weighted by Gasteiger charge is -2.31. The third kappa shape index (κ3) is 3.08. The van der Waals surface area contributed by atoms with Gasteiger partial charge in [0.25, 0.3) is 0 Å². The molecule has 1 unspecified atom stereocenters. The Kier molecular flexibility index (Phi) is 4.15. The minimum absolute atomic E-state index is 0.279. The molecule has 0 heterocycles. The molecule has 1 heteroatoms. The predicted octanol–water partition coefficient (Wildman–Crippen LogP) is 3.78. The molecule has 1 aromatic rings. The maximum absolute atomic E-state index is 5.73. The van der Waals surface area contributed by atoms with Crippen LogP contribution in [0, 0.1) is 19.3 Å². The molecule has 2 N–H and O–H groups in total. The third-order valence-electron chi connectivity index (χ3n) is 3.43. The fourth-order valence-corrected chi connectivity index (χ4v) is 2.25. The fourth-order valence-electron chi connectivity index (χ4n) is 2.25. The first kappa shape index (κ1) is 13.2. The smallest absolute Gasteiger partial charge is 0.00712 e. The number of rotatable bonds is 3. The van der Waals surface area contributed by atoms with Crippen LogP contribution in [0.4, 0.5) is 0 Å². The highest BCUT2D eigenvalue weighted by Crippen LogP contribution is 2.37. The van der Waals surface area contributed by atoms with E-state index in [0.717, 1.165) is 13.0 Å². The molecule has 1 rings (SSSR count). The van der Waals surface area contributed by atoms with Gasteiger partial charge in [-0.25, -0.2) is 0 Å². The summed E-state index contributed by atoms with van der Waals surface area (Å²) in [7, 11) is 0. The van der Waals surface area contributed by atoms with E-state index in [1.54, 1.807) is 0 Å². The van der Waals surface area contributed by atoms with Crippen molar-refractivity contribution in [3.63, 3.8) is 0 Å². The second-order valence-electron chi connectivity index (χ2n) is 5.84. The predicted molar refractivity (Wildman–Crippen MR) is 71.8 cm³/mol. The van der Waals surface area contributed by atoms with Crippen molar-refractivity contribution < 1.29 is 0 Å². The summed E-state index contributed by atoms with van der Waals surface area (Å²) in [5.41, 5.74) is 10.2. The summed E-state index contributed by atoms with van der Waals surface area (Å²) in [6, 6.07) is 6.80. The molecule has 1 atom stereocenters. The average molecular weight is 219 g/mol. The van der Waals surface area contributed by atoms with E-state index in [0.29, 0.717) is 5.92 Å². The summed E-state index contributed by atoms with van der Waals surface area (Å²) >= 11 is 0. The molecule has 0 aliphatic rings. The second kappa shape index (κ2) is 5.01. The first-order valence-corrected chi connectivity index (χ1v) is 6.13. The van der Waals surface area contributed by atoms with Gasteiger partial charge >= 0.3 is 0 Å². The van der Waals surface area contributed by atoms with Gasteiger partial charge in [-0.3, -0.25) is 0 Å². The zero-order valence-corrected chi connectivity index (χ0v) is 11.3. The van der Waals surface area contributed by atoms with Crippen molar-refractivity contribution in [2.45, 2.75) is 47.0 Å². The Balaban J connectivity index is 3.06. The molecular weight excluding hydrogens is 194 g/mol. The Morgan fingerprint density at radius 3 is 2.19 bits per heavy atom. The summed E-state index contributed by atoms with van der Waals surface area (Å²) < 4.78 is 0. The molecule has 0 fully saturated rings. The molecule has 0 aromatic heterocycles. The second-order valence-corrected chi connectivity index (χ2v) is 5.84. The third-order valence-corrected chi connectivity index (χ3v) is 3.43. The molecule has 0 saturated carbocycles. The average Bonchev–Trinajstić information content (AvgIpc) is 2.17. The van der Waals surface area contributed by atoms with E-state index >= 15 is 0 Å². The molecule has 1 aromatic carbocycles. The first-order valence-electron chi connectivity index (χ1n) is 6.13. The van der Waals surface area contributed by atoms with Gasteiger partial charge in [0.05, 0.1) is 0 Å². The normalized spacial score (nSPS) is 13.9. The zero-order chi connectivity index (χ0) is 12.3. The van der Waals surface area contributed by atoms with Crippen LogP contribution < -0.4 is 5.73 Å². The summed E-state index contributed by atoms with van der Waals surface area (Å²) in [4.78, 5) is 0. The largest absolute Gasteiger partial charge is 0.330 e. The molecule has 0 bridgehead atoms. The van der Waals surface area contributed by atoms with Crippen LogP contribution in [-0.2, 0) is 0 Å². The highest BCUT2D eigenvalue weighted by molar-refractivity contribution is 5.32. The zero-order valence-electron chi connectivity index (χ0n) is 11.3. The van der Waals surface area contributed by atoms with Crippen LogP contribution in [0.25, 0.3) is 0 Å². The maximum Gasteiger partial charge on any atom is -0.00712 e. The van der Waals surface area contributed by atoms with Crippen molar-refractivity contribution in [3.05, 3.63) is 34.9 Å². The summed E-state index contributed by atoms with van der Waals surface area (Å²) in [6.45, 7) is 12.0. The Morgan fingerprint density at radius 2 is 1.75 bits per heavy atom. The topological polar surface area (TPSA) is 26.0 Å². The van der Waals surface area contributed by atoms with E-state index in [1.807, 2.05) is 0 Å². The lowest BCUT2D eigenvalue weighted by Crippen LogP contribution is -2.21. The van der Waals surface area contributed by atoms with Gasteiger partial charge in [-0.05, 0) is 54.8 Å². The van der Waals surface area contributed by atoms with E-state index in [1.165, 1.54) is 16.7 Å². The van der Waals surface area contributed by atoms with Gasteiger partial charge in [0, 0.05) is 0 Å². The minimum Gasteiger partial charge on any atom is -0.330 e. The monoisotopic (exact) mass is 219 g/mol. The highest BCUT2D eigenvalue weighted by atomic mass is 14.5. The van der Waals surface area contributed by atoms with Gasteiger partial charge in [-0.15, -0.1) is 0 Å². The number of hydrogen-bond donors (Lipinski definition) is 1. The molecule has 16 heavy (non-hydrogen) atoms. The van der Waals surface area contributed by atoms with Crippen LogP contribution in [0.5, 0.6) is 0 Å². The van der Waals surface area contributed by atoms with Crippen LogP contribution in [0.2, 0.25) is 0 Å². The van der Waals surface area contributed by atoms with Crippen molar-refractivity contribution in [1.82, 2.24) is 0 Å². The van der Waals surface area contributed by atoms with Crippen LogP contribution in [-0.4, -0.2) is 6.54 Å². The van der Waals surface area contributed by atoms with Crippen LogP contribution in [0.3, 0.4) is 0 Å². The van der Waals surface area contributed by atoms with Crippen LogP contribution in [0.15, 0.2) is 18.2 Å². The lowest BCUT2D eigenvalue weighted by molar-refractivity contribution is 0.307. The van der Waals surface area contributed by atoms with Gasteiger partial charge in [-0.1, -0.05) is 39.0 Å². The molecule has 0 spiro atoms. The molecule has 0 radical (unpaired) electrons. The van der Waals surface area contributed by atoms with E-state index in [4.69, 9.17) is 5.73 Å². The molecular formula is C15H25N. The lowest BCUT2D eigenvalue weighted by atomic mass is 9.74. The number of aryl methyl sites for hydroxylation is 2. The van der Waals surface area contributed by atoms with Gasteiger partial charge in [0.1, 0.15) is 0 Å². The van der Waals surface area contributed by atoms with Gasteiger partial charge in [-0.2, -0.15) is 0 Å². The molecule has 0 aliphatic heterocycles. The van der Waals surface area contributed by atoms with Crippen molar-refractivity contribution in [3.8, 4) is 0 Å². The molecule has 0 saturated heterocycles. The van der Waals surface area contributed by atoms with Crippen molar-refractivity contribution in [2.24, 2.45) is 11.1 Å². The number of benzene rings is 1. The fraction of sp³-hybridized carbons (Fsp3) is 0.600. The Hall–Kier alpha value is -0.820. The SMILES string of the molecule is Cc1ccc(C(CCN)C(C)(C)C)cc1C. The number of nitrogens with two attached hydrogens (primary N) is 1. The minimum atomic E-state index is 0.279. The first-order chi connectivity index (χ1) is 7.36. The van der Waals surface area contributed by atoms with Gasteiger partial charge < -0.3 is 5.73 Å². The van der Waals surface area contributed by atoms with Gasteiger partial charge in [0.2, 0.25) is 0 Å². The highest BCUT2D eigenvalue weighted by Gasteiger charge is 2.25. The van der Waals surface area contributed by atoms with E-state index in [2.05, 4.69) is 52.8 Å². The Bertz CT molecular complexity index is 347. The van der Waals surface area contributed by atoms with Crippen LogP contribution in [0.1, 0.15) is 49.8 Å². The molecule has 0 aliphatic carbocycles. The van der Waals surface area contributed by atoms with Gasteiger partial charge in [0.15, 0.2) is 0 Å². The van der Waals surface area contributed by atoms with Crippen molar-refractivity contribution >= 4 is 0 Å². The van der Waals surface area contributed by atoms with Crippen LogP contribution >= 0.6 is 0 Å². The van der Waals surface area contributed by atoms with E-state index < -0.39 is 0 Å². The summed E-state index contributed by atoms with van der Waals surface area (Å²) in [5.74, 6) is 0.553. The quantitative estimate of drug-likeness (QED) is 0.822. The van der Waals surface area contributed by atoms with E-state index in [-0.39, 0.29) is 5.41 Å². The molecule has 90 valence electrons. The van der Waals surface area contributed by atoms with E-state index in [9.17, 15) is 0 Å². The standard InChI is InChI=1S/C15H25N/c1-11-6-7-13(10-12(11)2)14(8-9-16)15(3,4)5/h6-7,10,14H,8-9,16H2,1-5H3. The molecule has 0 amide bonds. The summed E-state index contributed by atoms with van der Waals surface area (Å²) in [5, 5.41) is 0. The summed E-state index contributed by atoms with van der Waals surface area (Å²) in [6.07, 6.45) is 1.06. The maximum atomic E-state index is 5.73. The Morgan fingerprint density at radius 1 is 1.12 bits per heavy atom. The Labute approximate surface area is 100 Å². The number of hydrogen-bond acceptors (Lipinski definition) is 1. The molecule has 1 nitrogen and oxygen atoms in total. The van der Waals surface area contributed by atoms with Crippen molar-refractivity contribution in [1.29, 1.82) is 0 Å². The van der Waals surface area contributed by atoms with Crippen molar-refractivity contribution in [2.75, 3.05) is 6.54 Å².